The molecule has 5 rings (SSSR count). The first-order valence-electron chi connectivity index (χ1n) is 15.5. The monoisotopic (exact) mass is 939 g/mol. The van der Waals surface area contributed by atoms with Gasteiger partial charge in [0.1, 0.15) is 12.4 Å². The predicted molar refractivity (Wildman–Crippen MR) is 205 cm³/mol. The number of thiazole rings is 1. The van der Waals surface area contributed by atoms with E-state index >= 15 is 0 Å². The molecule has 0 saturated heterocycles. The van der Waals surface area contributed by atoms with Crippen LogP contribution in [0.1, 0.15) is 43.5 Å². The van der Waals surface area contributed by atoms with Gasteiger partial charge in [-0.2, -0.15) is 0 Å². The minimum Gasteiger partial charge on any atom is -0.490 e. The highest BCUT2D eigenvalue weighted by atomic mass is 127. The van der Waals surface area contributed by atoms with E-state index in [4.69, 9.17) is 18.9 Å². The molecule has 16 heteroatoms. The molecule has 0 spiro atoms. The van der Waals surface area contributed by atoms with E-state index in [0.29, 0.717) is 37.7 Å². The highest BCUT2D eigenvalue weighted by Gasteiger charge is 2.34. The zero-order valence-electron chi connectivity index (χ0n) is 27.8. The Morgan fingerprint density at radius 1 is 1.02 bits per heavy atom. The van der Waals surface area contributed by atoms with Crippen LogP contribution in [-0.2, 0) is 25.7 Å². The minimum absolute atomic E-state index is 0.0183. The standard InChI is InChI=1S/C35H31I2N3O10S/c1-5-47-27-14-21(9-12-26(27)49-18-29(41)46-4)31-30(34(43)48-6-2)19(3)38-35-39(31)33(42)28(51-35)15-22-13-23(36)16-25(37)32(22)50-17-20-7-10-24(11-8-20)40(44)45/h7-16,31H,5-6,17-18H2,1-4H3/b28-15+/t31-/m1/s1. The van der Waals surface area contributed by atoms with Crippen LogP contribution < -0.4 is 29.1 Å². The van der Waals surface area contributed by atoms with Crippen molar-refractivity contribution in [3.8, 4) is 17.2 Å². The third-order valence-corrected chi connectivity index (χ3v) is 9.93. The first-order chi connectivity index (χ1) is 24.4. The second kappa shape index (κ2) is 16.8. The third-order valence-electron chi connectivity index (χ3n) is 7.53. The highest BCUT2D eigenvalue weighted by Crippen LogP contribution is 2.37. The predicted octanol–water partition coefficient (Wildman–Crippen LogP) is 5.45. The number of benzene rings is 3. The molecule has 0 bridgehead atoms. The number of ether oxygens (including phenoxy) is 5. The van der Waals surface area contributed by atoms with Gasteiger partial charge in [0.05, 0.1) is 50.7 Å². The molecule has 1 atom stereocenters. The number of methoxy groups -OCH3 is 1. The van der Waals surface area contributed by atoms with Crippen LogP contribution in [0, 0.1) is 17.3 Å². The lowest BCUT2D eigenvalue weighted by molar-refractivity contribution is -0.384. The largest absolute Gasteiger partial charge is 0.490 e. The van der Waals surface area contributed by atoms with Crippen LogP contribution in [0.2, 0.25) is 0 Å². The Balaban J connectivity index is 1.62. The van der Waals surface area contributed by atoms with Gasteiger partial charge in [-0.25, -0.2) is 14.6 Å². The van der Waals surface area contributed by atoms with Crippen molar-refractivity contribution >= 4 is 80.2 Å². The second-order valence-corrected chi connectivity index (χ2v) is 14.2. The Labute approximate surface area is 323 Å². The van der Waals surface area contributed by atoms with Crippen molar-refractivity contribution in [2.75, 3.05) is 26.9 Å². The van der Waals surface area contributed by atoms with E-state index in [1.165, 1.54) is 35.1 Å². The quantitative estimate of drug-likeness (QED) is 0.0732. The number of non-ortho nitro benzene ring substituents is 1. The van der Waals surface area contributed by atoms with Gasteiger partial charge in [0.25, 0.3) is 11.2 Å². The summed E-state index contributed by atoms with van der Waals surface area (Å²) in [7, 11) is 1.26. The Bertz CT molecular complexity index is 2210. The number of hydrogen-bond acceptors (Lipinski definition) is 12. The maximum atomic E-state index is 14.4. The SMILES string of the molecule is CCOC(=O)C1=C(C)N=c2s/c(=C/c3cc(I)cc(I)c3OCc3ccc([N+](=O)[O-])cc3)c(=O)n2[C@@H]1c1ccc(OCC(=O)OC)c(OCC)c1. The van der Waals surface area contributed by atoms with Gasteiger partial charge >= 0.3 is 11.9 Å². The number of nitro groups is 1. The summed E-state index contributed by atoms with van der Waals surface area (Å²) in [4.78, 5) is 55.2. The fourth-order valence-electron chi connectivity index (χ4n) is 5.24. The molecule has 0 radical (unpaired) electrons. The number of carbonyl (C=O) groups is 2. The summed E-state index contributed by atoms with van der Waals surface area (Å²) >= 11 is 5.53. The van der Waals surface area contributed by atoms with Crippen LogP contribution in [-0.4, -0.2) is 48.4 Å². The first kappa shape index (κ1) is 37.9. The van der Waals surface area contributed by atoms with Crippen LogP contribution in [0.5, 0.6) is 17.2 Å². The molecule has 2 heterocycles. The Hall–Kier alpha value is -4.30. The summed E-state index contributed by atoms with van der Waals surface area (Å²) in [6.45, 7) is 5.39. The van der Waals surface area contributed by atoms with Gasteiger partial charge in [0, 0.05) is 21.3 Å². The zero-order chi connectivity index (χ0) is 36.8. The molecular formula is C35H31I2N3O10S. The van der Waals surface area contributed by atoms with Crippen molar-refractivity contribution in [3.63, 3.8) is 0 Å². The Morgan fingerprint density at radius 2 is 1.76 bits per heavy atom. The molecule has 0 amide bonds. The molecule has 0 fully saturated rings. The summed E-state index contributed by atoms with van der Waals surface area (Å²) in [6, 6.07) is 14.0. The molecule has 0 N–H and O–H groups in total. The van der Waals surface area contributed by atoms with E-state index in [-0.39, 0.29) is 43.4 Å². The molecular weight excluding hydrogens is 908 g/mol. The van der Waals surface area contributed by atoms with Crippen LogP contribution in [0.3, 0.4) is 0 Å². The fraction of sp³-hybridized carbons (Fsp3) is 0.257. The van der Waals surface area contributed by atoms with Crippen LogP contribution in [0.15, 0.2) is 75.7 Å². The van der Waals surface area contributed by atoms with Crippen molar-refractivity contribution in [2.24, 2.45) is 4.99 Å². The number of rotatable bonds is 13. The smallest absolute Gasteiger partial charge is 0.343 e. The topological polar surface area (TPSA) is 158 Å². The van der Waals surface area contributed by atoms with Gasteiger partial charge in [0.2, 0.25) is 0 Å². The lowest BCUT2D eigenvalue weighted by Gasteiger charge is -2.25. The zero-order valence-corrected chi connectivity index (χ0v) is 32.9. The molecule has 1 aliphatic heterocycles. The molecule has 1 aliphatic rings. The summed E-state index contributed by atoms with van der Waals surface area (Å²) < 4.78 is 31.4. The molecule has 266 valence electrons. The Morgan fingerprint density at radius 3 is 2.43 bits per heavy atom. The molecule has 4 aromatic rings. The number of fused-ring (bicyclic) bond motifs is 1. The van der Waals surface area contributed by atoms with Crippen molar-refractivity contribution < 1.29 is 38.2 Å². The van der Waals surface area contributed by atoms with Crippen molar-refractivity contribution in [1.82, 2.24) is 4.57 Å². The molecule has 0 aliphatic carbocycles. The van der Waals surface area contributed by atoms with Crippen molar-refractivity contribution in [2.45, 2.75) is 33.4 Å². The van der Waals surface area contributed by atoms with Crippen LogP contribution >= 0.6 is 56.5 Å². The maximum absolute atomic E-state index is 14.4. The number of allylic oxidation sites excluding steroid dienone is 1. The fourth-order valence-corrected chi connectivity index (χ4v) is 8.32. The van der Waals surface area contributed by atoms with E-state index in [9.17, 15) is 24.5 Å². The lowest BCUT2D eigenvalue weighted by atomic mass is 9.95. The summed E-state index contributed by atoms with van der Waals surface area (Å²) in [5.74, 6) is -0.0619. The lowest BCUT2D eigenvalue weighted by Crippen LogP contribution is -2.40. The Kier molecular flexibility index (Phi) is 12.5. The number of carbonyl (C=O) groups excluding carboxylic acids is 2. The van der Waals surface area contributed by atoms with E-state index in [1.54, 1.807) is 57.2 Å². The number of hydrogen-bond donors (Lipinski definition) is 0. The summed E-state index contributed by atoms with van der Waals surface area (Å²) in [6.07, 6.45) is 1.73. The van der Waals surface area contributed by atoms with Crippen molar-refractivity contribution in [1.29, 1.82) is 0 Å². The number of nitrogens with zero attached hydrogens (tertiary/aromatic N) is 3. The van der Waals surface area contributed by atoms with Gasteiger partial charge in [-0.15, -0.1) is 0 Å². The summed E-state index contributed by atoms with van der Waals surface area (Å²) in [5.41, 5.74) is 2.08. The third kappa shape index (κ3) is 8.61. The molecule has 13 nitrogen and oxygen atoms in total. The number of aromatic nitrogens is 1. The molecule has 0 unspecified atom stereocenters. The minimum atomic E-state index is -0.926. The van der Waals surface area contributed by atoms with Gasteiger partial charge in [-0.05, 0) is 120 Å². The molecule has 0 saturated carbocycles. The molecule has 1 aromatic heterocycles. The van der Waals surface area contributed by atoms with E-state index in [2.05, 4.69) is 54.9 Å². The van der Waals surface area contributed by atoms with Gasteiger partial charge in [-0.3, -0.25) is 19.5 Å². The average Bonchev–Trinajstić information content (AvgIpc) is 3.40. The maximum Gasteiger partial charge on any atom is 0.343 e. The van der Waals surface area contributed by atoms with Gasteiger partial charge in [-0.1, -0.05) is 17.4 Å². The average molecular weight is 940 g/mol. The number of esters is 2. The van der Waals surface area contributed by atoms with E-state index in [1.807, 2.05) is 12.1 Å². The van der Waals surface area contributed by atoms with Crippen LogP contribution in [0.25, 0.3) is 6.08 Å². The van der Waals surface area contributed by atoms with Gasteiger partial charge < -0.3 is 23.7 Å². The first-order valence-corrected chi connectivity index (χ1v) is 18.4. The summed E-state index contributed by atoms with van der Waals surface area (Å²) in [5, 5.41) is 11.1. The van der Waals surface area contributed by atoms with Gasteiger partial charge in [0.15, 0.2) is 22.9 Å². The number of halogens is 2. The van der Waals surface area contributed by atoms with Crippen LogP contribution in [0.4, 0.5) is 5.69 Å². The molecule has 51 heavy (non-hydrogen) atoms. The van der Waals surface area contributed by atoms with Crippen molar-refractivity contribution in [3.05, 3.63) is 120 Å². The van der Waals surface area contributed by atoms with E-state index < -0.39 is 28.5 Å². The number of nitro benzene ring substituents is 1. The normalized spacial score (nSPS) is 14.0. The van der Waals surface area contributed by atoms with E-state index in [0.717, 1.165) is 12.7 Å². The molecule has 3 aromatic carbocycles. The highest BCUT2D eigenvalue weighted by molar-refractivity contribution is 14.1. The second-order valence-electron chi connectivity index (χ2n) is 10.8.